The van der Waals surface area contributed by atoms with Crippen LogP contribution in [-0.2, 0) is 23.7 Å². The van der Waals surface area contributed by atoms with Gasteiger partial charge in [-0.3, -0.25) is 0 Å². The second-order valence-electron chi connectivity index (χ2n) is 5.31. The first-order valence-electron chi connectivity index (χ1n) is 7.19. The minimum absolute atomic E-state index is 0.0744. The van der Waals surface area contributed by atoms with E-state index in [9.17, 15) is 8.42 Å². The number of sulfonamides is 1. The van der Waals surface area contributed by atoms with Crippen LogP contribution in [0.15, 0.2) is 17.2 Å². The van der Waals surface area contributed by atoms with E-state index in [1.165, 1.54) is 25.1 Å². The van der Waals surface area contributed by atoms with Crippen LogP contribution in [0.1, 0.15) is 51.6 Å². The molecule has 0 fully saturated rings. The third kappa shape index (κ3) is 4.92. The molecule has 1 aromatic rings. The first-order chi connectivity index (χ1) is 9.40. The van der Waals surface area contributed by atoms with Gasteiger partial charge in [-0.15, -0.1) is 0 Å². The number of aliphatic hydroxyl groups excluding tert-OH is 1. The van der Waals surface area contributed by atoms with E-state index < -0.39 is 10.0 Å². The molecule has 1 heterocycles. The maximum Gasteiger partial charge on any atom is 0.242 e. The van der Waals surface area contributed by atoms with E-state index in [2.05, 4.69) is 11.6 Å². The molecule has 0 aliphatic rings. The highest BCUT2D eigenvalue weighted by molar-refractivity contribution is 7.89. The lowest BCUT2D eigenvalue weighted by molar-refractivity contribution is 0.272. The molecular formula is C14H26N2O3S. The molecule has 116 valence electrons. The number of hydrogen-bond acceptors (Lipinski definition) is 3. The molecular weight excluding hydrogens is 276 g/mol. The number of rotatable bonds is 9. The van der Waals surface area contributed by atoms with Gasteiger partial charge < -0.3 is 9.67 Å². The topological polar surface area (TPSA) is 71.3 Å². The quantitative estimate of drug-likeness (QED) is 0.687. The highest BCUT2D eigenvalue weighted by Gasteiger charge is 2.19. The van der Waals surface area contributed by atoms with Gasteiger partial charge in [0.15, 0.2) is 0 Å². The Labute approximate surface area is 122 Å². The van der Waals surface area contributed by atoms with Crippen LogP contribution in [-0.4, -0.2) is 24.1 Å². The first-order valence-corrected chi connectivity index (χ1v) is 8.67. The molecule has 5 nitrogen and oxygen atoms in total. The predicted molar refractivity (Wildman–Crippen MR) is 79.9 cm³/mol. The van der Waals surface area contributed by atoms with Crippen LogP contribution in [0.5, 0.6) is 0 Å². The number of nitrogens with one attached hydrogen (secondary N) is 1. The molecule has 1 rings (SSSR count). The van der Waals surface area contributed by atoms with E-state index in [1.54, 1.807) is 11.6 Å². The number of aromatic nitrogens is 1. The summed E-state index contributed by atoms with van der Waals surface area (Å²) < 4.78 is 28.7. The average molecular weight is 302 g/mol. The summed E-state index contributed by atoms with van der Waals surface area (Å²) in [6.45, 7) is 3.87. The molecule has 0 saturated heterocycles. The van der Waals surface area contributed by atoms with Crippen molar-refractivity contribution in [2.75, 3.05) is 0 Å². The molecule has 0 aliphatic heterocycles. The fourth-order valence-electron chi connectivity index (χ4n) is 2.15. The Morgan fingerprint density at radius 2 is 2.05 bits per heavy atom. The van der Waals surface area contributed by atoms with E-state index in [1.807, 2.05) is 6.92 Å². The molecule has 0 bridgehead atoms. The van der Waals surface area contributed by atoms with Crippen molar-refractivity contribution in [2.24, 2.45) is 7.05 Å². The van der Waals surface area contributed by atoms with Crippen LogP contribution < -0.4 is 4.72 Å². The summed E-state index contributed by atoms with van der Waals surface area (Å²) in [6, 6.07) is 1.43. The summed E-state index contributed by atoms with van der Waals surface area (Å²) in [6.07, 6.45) is 6.92. The maximum atomic E-state index is 12.2. The van der Waals surface area contributed by atoms with Crippen molar-refractivity contribution >= 4 is 10.0 Å². The molecule has 0 aliphatic carbocycles. The second-order valence-corrected chi connectivity index (χ2v) is 7.02. The number of aryl methyl sites for hydroxylation is 1. The minimum Gasteiger partial charge on any atom is -0.390 e. The van der Waals surface area contributed by atoms with E-state index in [4.69, 9.17) is 5.11 Å². The molecule has 6 heteroatoms. The van der Waals surface area contributed by atoms with Gasteiger partial charge in [-0.05, 0) is 19.4 Å². The summed E-state index contributed by atoms with van der Waals surface area (Å²) in [5.41, 5.74) is 0.584. The Morgan fingerprint density at radius 1 is 1.35 bits per heavy atom. The number of unbranched alkanes of at least 4 members (excludes halogenated alkanes) is 3. The number of aliphatic hydroxyl groups is 1. The van der Waals surface area contributed by atoms with Gasteiger partial charge in [0.1, 0.15) is 0 Å². The molecule has 0 radical (unpaired) electrons. The van der Waals surface area contributed by atoms with Crippen LogP contribution in [0.3, 0.4) is 0 Å². The van der Waals surface area contributed by atoms with Gasteiger partial charge in [0.05, 0.1) is 11.5 Å². The summed E-state index contributed by atoms with van der Waals surface area (Å²) in [7, 11) is -1.77. The van der Waals surface area contributed by atoms with Crippen molar-refractivity contribution in [2.45, 2.75) is 63.5 Å². The Kier molecular flexibility index (Phi) is 6.71. The first kappa shape index (κ1) is 17.2. The van der Waals surface area contributed by atoms with Gasteiger partial charge in [-0.2, -0.15) is 0 Å². The van der Waals surface area contributed by atoms with Crippen molar-refractivity contribution < 1.29 is 13.5 Å². The van der Waals surface area contributed by atoms with Crippen molar-refractivity contribution in [1.29, 1.82) is 0 Å². The van der Waals surface area contributed by atoms with E-state index >= 15 is 0 Å². The monoisotopic (exact) mass is 302 g/mol. The van der Waals surface area contributed by atoms with Gasteiger partial charge in [-0.1, -0.05) is 32.6 Å². The highest BCUT2D eigenvalue weighted by atomic mass is 32.2. The molecule has 1 aromatic heterocycles. The van der Waals surface area contributed by atoms with Gasteiger partial charge in [0.2, 0.25) is 10.0 Å². The SMILES string of the molecule is CCCCCCC(C)NS(=O)(=O)c1cc(CO)n(C)c1. The Bertz CT molecular complexity index is 508. The zero-order valence-electron chi connectivity index (χ0n) is 12.6. The van der Waals surface area contributed by atoms with E-state index in [0.29, 0.717) is 5.69 Å². The Morgan fingerprint density at radius 3 is 2.60 bits per heavy atom. The van der Waals surface area contributed by atoms with Crippen LogP contribution in [0.2, 0.25) is 0 Å². The van der Waals surface area contributed by atoms with Crippen LogP contribution in [0.25, 0.3) is 0 Å². The number of hydrogen-bond donors (Lipinski definition) is 2. The third-order valence-electron chi connectivity index (χ3n) is 3.40. The van der Waals surface area contributed by atoms with Crippen molar-refractivity contribution in [1.82, 2.24) is 9.29 Å². The largest absolute Gasteiger partial charge is 0.390 e. The van der Waals surface area contributed by atoms with Gasteiger partial charge in [-0.25, -0.2) is 13.1 Å². The normalized spacial score (nSPS) is 13.6. The molecule has 0 spiro atoms. The van der Waals surface area contributed by atoms with Crippen LogP contribution in [0, 0.1) is 0 Å². The zero-order valence-corrected chi connectivity index (χ0v) is 13.4. The Hall–Kier alpha value is -0.850. The molecule has 0 saturated carbocycles. The van der Waals surface area contributed by atoms with Gasteiger partial charge in [0.25, 0.3) is 0 Å². The van der Waals surface area contributed by atoms with Gasteiger partial charge >= 0.3 is 0 Å². The standard InChI is InChI=1S/C14H26N2O3S/c1-4-5-6-7-8-12(2)15-20(18,19)14-9-13(11-17)16(3)10-14/h9-10,12,15,17H,4-8,11H2,1-3H3. The van der Waals surface area contributed by atoms with E-state index in [0.717, 1.165) is 19.3 Å². The predicted octanol–water partition coefficient (Wildman–Crippen LogP) is 2.15. The Balaban J connectivity index is 2.60. The van der Waals surface area contributed by atoms with Crippen LogP contribution in [0.4, 0.5) is 0 Å². The van der Waals surface area contributed by atoms with E-state index in [-0.39, 0.29) is 17.5 Å². The molecule has 2 N–H and O–H groups in total. The molecule has 0 aromatic carbocycles. The summed E-state index contributed by atoms with van der Waals surface area (Å²) in [4.78, 5) is 0.212. The van der Waals surface area contributed by atoms with Crippen molar-refractivity contribution in [3.8, 4) is 0 Å². The second kappa shape index (κ2) is 7.81. The number of nitrogens with zero attached hydrogens (tertiary/aromatic N) is 1. The average Bonchev–Trinajstić information content (AvgIpc) is 2.76. The highest BCUT2D eigenvalue weighted by Crippen LogP contribution is 2.15. The zero-order chi connectivity index (χ0) is 15.2. The summed E-state index contributed by atoms with van der Waals surface area (Å²) in [5, 5.41) is 9.11. The molecule has 20 heavy (non-hydrogen) atoms. The smallest absolute Gasteiger partial charge is 0.242 e. The van der Waals surface area contributed by atoms with Crippen molar-refractivity contribution in [3.63, 3.8) is 0 Å². The van der Waals surface area contributed by atoms with Crippen molar-refractivity contribution in [3.05, 3.63) is 18.0 Å². The molecule has 1 atom stereocenters. The van der Waals surface area contributed by atoms with Gasteiger partial charge in [0, 0.05) is 25.0 Å². The third-order valence-corrected chi connectivity index (χ3v) is 4.96. The minimum atomic E-state index is -3.50. The maximum absolute atomic E-state index is 12.2. The summed E-state index contributed by atoms with van der Waals surface area (Å²) in [5.74, 6) is 0. The fraction of sp³-hybridized carbons (Fsp3) is 0.714. The molecule has 0 amide bonds. The fourth-order valence-corrected chi connectivity index (χ4v) is 3.52. The lowest BCUT2D eigenvalue weighted by Gasteiger charge is -2.13. The van der Waals surface area contributed by atoms with Crippen LogP contribution >= 0.6 is 0 Å². The molecule has 1 unspecified atom stereocenters. The summed E-state index contributed by atoms with van der Waals surface area (Å²) >= 11 is 0. The lowest BCUT2D eigenvalue weighted by Crippen LogP contribution is -2.32. The lowest BCUT2D eigenvalue weighted by atomic mass is 10.1.